The van der Waals surface area contributed by atoms with E-state index in [0.717, 1.165) is 25.2 Å². The van der Waals surface area contributed by atoms with Crippen molar-refractivity contribution in [2.24, 2.45) is 0 Å². The van der Waals surface area contributed by atoms with Crippen LogP contribution in [-0.2, 0) is 0 Å². The zero-order chi connectivity index (χ0) is 21.6. The number of rotatable bonds is 9. The fraction of sp³-hybridized carbons (Fsp3) is 0.320. The summed E-state index contributed by atoms with van der Waals surface area (Å²) in [5, 5.41) is 0.669. The number of nitrogens with zero attached hydrogens (tertiary/aromatic N) is 1. The number of carbonyl (C=O) groups is 1. The van der Waals surface area contributed by atoms with Crippen molar-refractivity contribution in [1.82, 2.24) is 4.90 Å². The third-order valence-corrected chi connectivity index (χ3v) is 5.51. The van der Waals surface area contributed by atoms with Crippen molar-refractivity contribution in [3.63, 3.8) is 0 Å². The zero-order valence-electron chi connectivity index (χ0n) is 17.9. The highest BCUT2D eigenvalue weighted by atomic mass is 16.5. The molecule has 0 N–H and O–H groups in total. The highest BCUT2D eigenvalue weighted by Gasteiger charge is 2.28. The van der Waals surface area contributed by atoms with Gasteiger partial charge >= 0.3 is 0 Å². The van der Waals surface area contributed by atoms with Gasteiger partial charge in [-0.1, -0.05) is 36.4 Å². The Bertz CT molecular complexity index is 1060. The maximum absolute atomic E-state index is 13.3. The Morgan fingerprint density at radius 3 is 2.48 bits per heavy atom. The zero-order valence-corrected chi connectivity index (χ0v) is 17.9. The number of hydrogen-bond acceptors (Lipinski definition) is 6. The Morgan fingerprint density at radius 1 is 1.03 bits per heavy atom. The number of carbonyl (C=O) groups excluding carboxylic acids is 1. The Labute approximate surface area is 182 Å². The molecule has 0 unspecified atom stereocenters. The molecule has 0 bridgehead atoms. The molecule has 1 aliphatic heterocycles. The molecular formula is C25H27NO5. The molecule has 1 aliphatic rings. The summed E-state index contributed by atoms with van der Waals surface area (Å²) in [5.74, 6) is 0.948. The Kier molecular flexibility index (Phi) is 6.57. The number of ether oxygens (including phenoxy) is 3. The van der Waals surface area contributed by atoms with E-state index in [9.17, 15) is 4.79 Å². The molecule has 0 atom stereocenters. The van der Waals surface area contributed by atoms with Crippen molar-refractivity contribution in [1.29, 1.82) is 0 Å². The molecule has 0 amide bonds. The summed E-state index contributed by atoms with van der Waals surface area (Å²) in [5.41, 5.74) is 1.77. The minimum absolute atomic E-state index is 0.224. The number of methoxy groups -OCH3 is 2. The van der Waals surface area contributed by atoms with Gasteiger partial charge < -0.3 is 18.6 Å². The number of allylic oxidation sites excluding steroid dienone is 1. The molecule has 0 radical (unpaired) electrons. The lowest BCUT2D eigenvalue weighted by Gasteiger charge is -2.19. The van der Waals surface area contributed by atoms with E-state index in [-0.39, 0.29) is 5.78 Å². The van der Waals surface area contributed by atoms with Gasteiger partial charge in [-0.3, -0.25) is 9.69 Å². The van der Waals surface area contributed by atoms with E-state index in [1.807, 2.05) is 30.3 Å². The molecule has 1 aromatic heterocycles. The lowest BCUT2D eigenvalue weighted by Crippen LogP contribution is -2.25. The minimum atomic E-state index is -0.224. The van der Waals surface area contributed by atoms with Crippen LogP contribution >= 0.6 is 0 Å². The maximum atomic E-state index is 13.3. The fourth-order valence-corrected chi connectivity index (χ4v) is 3.98. The van der Waals surface area contributed by atoms with Crippen LogP contribution < -0.4 is 14.2 Å². The van der Waals surface area contributed by atoms with E-state index in [2.05, 4.69) is 4.90 Å². The molecule has 2 heterocycles. The van der Waals surface area contributed by atoms with E-state index >= 15 is 0 Å². The SMILES string of the molecule is COc1c(C(=O)C=Cc2ccccc2)c(OCCN2CCCC2)c(OC)c2occc12. The van der Waals surface area contributed by atoms with Gasteiger partial charge in [0.25, 0.3) is 0 Å². The van der Waals surface area contributed by atoms with Crippen LogP contribution in [0.15, 0.2) is 53.2 Å². The predicted octanol–water partition coefficient (Wildman–Crippen LogP) is 4.82. The third kappa shape index (κ3) is 4.44. The summed E-state index contributed by atoms with van der Waals surface area (Å²) in [6.45, 7) is 3.38. The average Bonchev–Trinajstić information content (AvgIpc) is 3.49. The molecule has 6 nitrogen and oxygen atoms in total. The highest BCUT2D eigenvalue weighted by molar-refractivity contribution is 6.15. The molecule has 4 rings (SSSR count). The van der Waals surface area contributed by atoms with Crippen LogP contribution in [0, 0.1) is 0 Å². The first kappa shape index (κ1) is 21.0. The minimum Gasteiger partial charge on any atom is -0.495 e. The lowest BCUT2D eigenvalue weighted by atomic mass is 10.0. The number of fused-ring (bicyclic) bond motifs is 1. The van der Waals surface area contributed by atoms with Crippen LogP contribution in [0.5, 0.6) is 17.2 Å². The third-order valence-electron chi connectivity index (χ3n) is 5.51. The molecule has 2 aromatic carbocycles. The van der Waals surface area contributed by atoms with Crippen LogP contribution in [0.25, 0.3) is 17.0 Å². The van der Waals surface area contributed by atoms with Gasteiger partial charge in [0.05, 0.1) is 25.9 Å². The van der Waals surface area contributed by atoms with Crippen molar-refractivity contribution in [2.75, 3.05) is 40.5 Å². The summed E-state index contributed by atoms with van der Waals surface area (Å²) in [7, 11) is 3.09. The standard InChI is InChI=1S/C25H27NO5/c1-28-22-19-12-16-30-23(19)25(29-2)24(31-17-15-26-13-6-7-14-26)21(22)20(27)11-10-18-8-4-3-5-9-18/h3-5,8-12,16H,6-7,13-15,17H2,1-2H3. The molecule has 0 aliphatic carbocycles. The molecule has 31 heavy (non-hydrogen) atoms. The van der Waals surface area contributed by atoms with Crippen LogP contribution in [0.1, 0.15) is 28.8 Å². The van der Waals surface area contributed by atoms with Gasteiger partial charge in [0.1, 0.15) is 17.9 Å². The van der Waals surface area contributed by atoms with Gasteiger partial charge in [-0.15, -0.1) is 0 Å². The first-order chi connectivity index (χ1) is 15.2. The molecule has 0 saturated carbocycles. The first-order valence-corrected chi connectivity index (χ1v) is 10.5. The number of likely N-dealkylation sites (tertiary alicyclic amines) is 1. The monoisotopic (exact) mass is 421 g/mol. The van der Waals surface area contributed by atoms with Crippen molar-refractivity contribution in [3.8, 4) is 17.2 Å². The molecule has 1 fully saturated rings. The van der Waals surface area contributed by atoms with Gasteiger partial charge in [-0.05, 0) is 43.6 Å². The Balaban J connectivity index is 1.72. The first-order valence-electron chi connectivity index (χ1n) is 10.5. The second kappa shape index (κ2) is 9.71. The number of ketones is 1. The number of furan rings is 1. The maximum Gasteiger partial charge on any atom is 0.205 e. The van der Waals surface area contributed by atoms with Crippen molar-refractivity contribution < 1.29 is 23.4 Å². The Hall–Kier alpha value is -3.25. The molecule has 162 valence electrons. The van der Waals surface area contributed by atoms with Gasteiger partial charge in [0.15, 0.2) is 17.1 Å². The van der Waals surface area contributed by atoms with Gasteiger partial charge in [-0.2, -0.15) is 0 Å². The van der Waals surface area contributed by atoms with Gasteiger partial charge in [0.2, 0.25) is 5.75 Å². The lowest BCUT2D eigenvalue weighted by molar-refractivity contribution is 0.103. The highest BCUT2D eigenvalue weighted by Crippen LogP contribution is 2.46. The van der Waals surface area contributed by atoms with Crippen molar-refractivity contribution in [3.05, 3.63) is 59.9 Å². The molecule has 0 spiro atoms. The van der Waals surface area contributed by atoms with E-state index in [1.165, 1.54) is 18.9 Å². The van der Waals surface area contributed by atoms with Crippen LogP contribution in [0.4, 0.5) is 0 Å². The largest absolute Gasteiger partial charge is 0.495 e. The van der Waals surface area contributed by atoms with Crippen molar-refractivity contribution in [2.45, 2.75) is 12.8 Å². The fourth-order valence-electron chi connectivity index (χ4n) is 3.98. The quantitative estimate of drug-likeness (QED) is 0.365. The normalized spacial score (nSPS) is 14.4. The summed E-state index contributed by atoms with van der Waals surface area (Å²) in [6.07, 6.45) is 7.29. The summed E-state index contributed by atoms with van der Waals surface area (Å²) < 4.78 is 23.1. The average molecular weight is 421 g/mol. The summed E-state index contributed by atoms with van der Waals surface area (Å²) in [4.78, 5) is 15.7. The smallest absolute Gasteiger partial charge is 0.205 e. The van der Waals surface area contributed by atoms with Crippen LogP contribution in [0.3, 0.4) is 0 Å². The summed E-state index contributed by atoms with van der Waals surface area (Å²) in [6, 6.07) is 11.4. The van der Waals surface area contributed by atoms with E-state index < -0.39 is 0 Å². The molecule has 1 saturated heterocycles. The topological polar surface area (TPSA) is 61.1 Å². The van der Waals surface area contributed by atoms with Crippen molar-refractivity contribution >= 4 is 22.8 Å². The second-order valence-corrected chi connectivity index (χ2v) is 7.44. The van der Waals surface area contributed by atoms with Crippen LogP contribution in [-0.4, -0.2) is 51.1 Å². The molecule has 6 heteroatoms. The number of hydrogen-bond donors (Lipinski definition) is 0. The predicted molar refractivity (Wildman–Crippen MR) is 120 cm³/mol. The molecule has 3 aromatic rings. The summed E-state index contributed by atoms with van der Waals surface area (Å²) >= 11 is 0. The van der Waals surface area contributed by atoms with E-state index in [4.69, 9.17) is 18.6 Å². The second-order valence-electron chi connectivity index (χ2n) is 7.44. The molecular weight excluding hydrogens is 394 g/mol. The van der Waals surface area contributed by atoms with E-state index in [1.54, 1.807) is 32.6 Å². The van der Waals surface area contributed by atoms with E-state index in [0.29, 0.717) is 40.4 Å². The number of benzene rings is 2. The van der Waals surface area contributed by atoms with Gasteiger partial charge in [0, 0.05) is 6.54 Å². The van der Waals surface area contributed by atoms with Crippen LogP contribution in [0.2, 0.25) is 0 Å². The van der Waals surface area contributed by atoms with Gasteiger partial charge in [-0.25, -0.2) is 0 Å². The Morgan fingerprint density at radius 2 is 1.77 bits per heavy atom.